The summed E-state index contributed by atoms with van der Waals surface area (Å²) < 4.78 is 7.05. The van der Waals surface area contributed by atoms with Crippen molar-refractivity contribution >= 4 is 22.6 Å². The molecule has 0 radical (unpaired) electrons. The number of alkyl halides is 1. The Morgan fingerprint density at radius 3 is 2.21 bits per heavy atom. The highest BCUT2D eigenvalue weighted by Gasteiger charge is 2.19. The molecule has 0 aromatic rings. The number of rotatable bonds is 4. The Morgan fingerprint density at radius 1 is 1.14 bits per heavy atom. The van der Waals surface area contributed by atoms with Crippen molar-refractivity contribution in [2.75, 3.05) is 11.0 Å². The maximum absolute atomic E-state index is 5.97. The fourth-order valence-corrected chi connectivity index (χ4v) is 2.13. The highest BCUT2D eigenvalue weighted by molar-refractivity contribution is 14.1. The Kier molecular flexibility index (Phi) is 5.75. The van der Waals surface area contributed by atoms with E-state index in [1.165, 1.54) is 38.5 Å². The lowest BCUT2D eigenvalue weighted by atomic mass is 10.0. The summed E-state index contributed by atoms with van der Waals surface area (Å²) >= 11 is 2.41. The van der Waals surface area contributed by atoms with Crippen molar-refractivity contribution in [3.63, 3.8) is 0 Å². The topological polar surface area (TPSA) is 9.23 Å². The van der Waals surface area contributed by atoms with E-state index in [4.69, 9.17) is 4.74 Å². The first-order valence-corrected chi connectivity index (χ1v) is 7.36. The van der Waals surface area contributed by atoms with Crippen molar-refractivity contribution in [3.8, 4) is 0 Å². The van der Waals surface area contributed by atoms with Crippen LogP contribution in [-0.2, 0) is 4.74 Å². The van der Waals surface area contributed by atoms with Gasteiger partial charge in [0.15, 0.2) is 0 Å². The summed E-state index contributed by atoms with van der Waals surface area (Å²) in [4.78, 5) is 0. The SMILES string of the molecule is CC(C)(CI)OCC1CCCCCC1. The van der Waals surface area contributed by atoms with E-state index in [1.54, 1.807) is 0 Å². The lowest BCUT2D eigenvalue weighted by Crippen LogP contribution is -2.28. The van der Waals surface area contributed by atoms with Gasteiger partial charge in [0.1, 0.15) is 0 Å². The van der Waals surface area contributed by atoms with Gasteiger partial charge >= 0.3 is 0 Å². The fraction of sp³-hybridized carbons (Fsp3) is 1.00. The van der Waals surface area contributed by atoms with Crippen molar-refractivity contribution in [1.29, 1.82) is 0 Å². The van der Waals surface area contributed by atoms with E-state index in [0.29, 0.717) is 0 Å². The van der Waals surface area contributed by atoms with Crippen molar-refractivity contribution in [2.45, 2.75) is 58.0 Å². The number of ether oxygens (including phenoxy) is 1. The minimum Gasteiger partial charge on any atom is -0.374 e. The molecule has 0 spiro atoms. The van der Waals surface area contributed by atoms with Crippen LogP contribution in [0.4, 0.5) is 0 Å². The van der Waals surface area contributed by atoms with Gasteiger partial charge in [-0.15, -0.1) is 0 Å². The quantitative estimate of drug-likeness (QED) is 0.430. The first-order valence-electron chi connectivity index (χ1n) is 5.84. The summed E-state index contributed by atoms with van der Waals surface area (Å²) in [5.41, 5.74) is 0.0763. The second-order valence-electron chi connectivity index (χ2n) is 5.06. The van der Waals surface area contributed by atoms with Crippen LogP contribution in [0.2, 0.25) is 0 Å². The average molecular weight is 310 g/mol. The van der Waals surface area contributed by atoms with Crippen LogP contribution in [-0.4, -0.2) is 16.6 Å². The second-order valence-corrected chi connectivity index (χ2v) is 5.82. The molecule has 1 aliphatic rings. The van der Waals surface area contributed by atoms with E-state index >= 15 is 0 Å². The summed E-state index contributed by atoms with van der Waals surface area (Å²) in [6.07, 6.45) is 8.48. The molecule has 84 valence electrons. The first kappa shape index (κ1) is 12.8. The first-order chi connectivity index (χ1) is 6.64. The zero-order valence-electron chi connectivity index (χ0n) is 9.52. The molecule has 0 aromatic carbocycles. The smallest absolute Gasteiger partial charge is 0.0715 e. The number of hydrogen-bond donors (Lipinski definition) is 0. The largest absolute Gasteiger partial charge is 0.374 e. The van der Waals surface area contributed by atoms with Crippen LogP contribution in [0.5, 0.6) is 0 Å². The van der Waals surface area contributed by atoms with E-state index in [0.717, 1.165) is 17.0 Å². The average Bonchev–Trinajstić information content (AvgIpc) is 2.43. The van der Waals surface area contributed by atoms with Gasteiger partial charge in [-0.05, 0) is 32.6 Å². The fourth-order valence-electron chi connectivity index (χ4n) is 1.91. The van der Waals surface area contributed by atoms with Crippen LogP contribution < -0.4 is 0 Å². The molecule has 0 N–H and O–H groups in total. The lowest BCUT2D eigenvalue weighted by Gasteiger charge is -2.25. The van der Waals surface area contributed by atoms with Crippen LogP contribution in [0.25, 0.3) is 0 Å². The van der Waals surface area contributed by atoms with E-state index in [1.807, 2.05) is 0 Å². The number of hydrogen-bond acceptors (Lipinski definition) is 1. The molecule has 1 saturated carbocycles. The monoisotopic (exact) mass is 310 g/mol. The van der Waals surface area contributed by atoms with Gasteiger partial charge in [0.2, 0.25) is 0 Å². The molecular weight excluding hydrogens is 287 g/mol. The van der Waals surface area contributed by atoms with E-state index < -0.39 is 0 Å². The lowest BCUT2D eigenvalue weighted by molar-refractivity contribution is -0.0191. The Balaban J connectivity index is 2.22. The van der Waals surface area contributed by atoms with Gasteiger partial charge in [-0.2, -0.15) is 0 Å². The van der Waals surface area contributed by atoms with Gasteiger partial charge in [0, 0.05) is 4.43 Å². The molecule has 1 rings (SSSR count). The molecular formula is C12H23IO. The second kappa shape index (κ2) is 6.31. The molecule has 14 heavy (non-hydrogen) atoms. The van der Waals surface area contributed by atoms with E-state index in [-0.39, 0.29) is 5.60 Å². The summed E-state index contributed by atoms with van der Waals surface area (Å²) in [7, 11) is 0. The third-order valence-electron chi connectivity index (χ3n) is 3.01. The van der Waals surface area contributed by atoms with Crippen molar-refractivity contribution < 1.29 is 4.74 Å². The van der Waals surface area contributed by atoms with Gasteiger partial charge in [-0.25, -0.2) is 0 Å². The Labute approximate surface area is 102 Å². The van der Waals surface area contributed by atoms with Gasteiger partial charge < -0.3 is 4.74 Å². The van der Waals surface area contributed by atoms with Gasteiger partial charge in [-0.1, -0.05) is 48.3 Å². The van der Waals surface area contributed by atoms with Gasteiger partial charge in [0.25, 0.3) is 0 Å². The Bertz CT molecular complexity index is 148. The maximum atomic E-state index is 5.97. The molecule has 0 atom stereocenters. The van der Waals surface area contributed by atoms with Crippen LogP contribution in [0.3, 0.4) is 0 Å². The summed E-state index contributed by atoms with van der Waals surface area (Å²) in [6.45, 7) is 5.36. The molecule has 2 heteroatoms. The predicted octanol–water partition coefficient (Wildman–Crippen LogP) is 4.19. The Hall–Kier alpha value is 0.690. The molecule has 0 aromatic heterocycles. The Morgan fingerprint density at radius 2 is 1.71 bits per heavy atom. The molecule has 0 aliphatic heterocycles. The van der Waals surface area contributed by atoms with Crippen LogP contribution in [0, 0.1) is 5.92 Å². The predicted molar refractivity (Wildman–Crippen MR) is 70.1 cm³/mol. The third kappa shape index (κ3) is 4.96. The highest BCUT2D eigenvalue weighted by Crippen LogP contribution is 2.25. The molecule has 1 fully saturated rings. The molecule has 0 saturated heterocycles. The van der Waals surface area contributed by atoms with Crippen LogP contribution in [0.15, 0.2) is 0 Å². The minimum atomic E-state index is 0.0763. The normalized spacial score (nSPS) is 20.8. The van der Waals surface area contributed by atoms with Crippen molar-refractivity contribution in [2.24, 2.45) is 5.92 Å². The molecule has 1 aliphatic carbocycles. The van der Waals surface area contributed by atoms with Crippen molar-refractivity contribution in [3.05, 3.63) is 0 Å². The summed E-state index contributed by atoms with van der Waals surface area (Å²) in [6, 6.07) is 0. The minimum absolute atomic E-state index is 0.0763. The standard InChI is InChI=1S/C12H23IO/c1-12(2,10-13)14-9-11-7-5-3-4-6-8-11/h11H,3-10H2,1-2H3. The molecule has 1 nitrogen and oxygen atoms in total. The van der Waals surface area contributed by atoms with Gasteiger partial charge in [-0.3, -0.25) is 0 Å². The zero-order valence-corrected chi connectivity index (χ0v) is 11.7. The highest BCUT2D eigenvalue weighted by atomic mass is 127. The maximum Gasteiger partial charge on any atom is 0.0715 e. The van der Waals surface area contributed by atoms with E-state index in [2.05, 4.69) is 36.4 Å². The molecule has 0 amide bonds. The van der Waals surface area contributed by atoms with Gasteiger partial charge in [0.05, 0.1) is 12.2 Å². The molecule has 0 heterocycles. The van der Waals surface area contributed by atoms with E-state index in [9.17, 15) is 0 Å². The number of halogens is 1. The van der Waals surface area contributed by atoms with Crippen LogP contribution in [0.1, 0.15) is 52.4 Å². The third-order valence-corrected chi connectivity index (χ3v) is 4.84. The zero-order chi connectivity index (χ0) is 10.4. The molecule has 0 unspecified atom stereocenters. The van der Waals surface area contributed by atoms with Crippen LogP contribution >= 0.6 is 22.6 Å². The summed E-state index contributed by atoms with van der Waals surface area (Å²) in [5.74, 6) is 0.833. The molecule has 0 bridgehead atoms. The summed E-state index contributed by atoms with van der Waals surface area (Å²) in [5, 5.41) is 0. The van der Waals surface area contributed by atoms with Crippen molar-refractivity contribution in [1.82, 2.24) is 0 Å².